The molecule has 4 nitrogen and oxygen atoms in total. The van der Waals surface area contributed by atoms with Gasteiger partial charge in [-0.1, -0.05) is 6.07 Å². The second kappa shape index (κ2) is 4.90. The molecule has 0 spiro atoms. The standard InChI is InChI=1S/C15H14N2O2/c18-14(15(19)13-4-2-8-17-13)11-5-6-12-10(9-11)3-1-7-16-12/h1,3,5-7,9,13,17H,2,4,8H2/t13-/m0/s1. The summed E-state index contributed by atoms with van der Waals surface area (Å²) < 4.78 is 0. The van der Waals surface area contributed by atoms with E-state index in [0.717, 1.165) is 30.3 Å². The number of ketones is 2. The fraction of sp³-hybridized carbons (Fsp3) is 0.267. The summed E-state index contributed by atoms with van der Waals surface area (Å²) in [6.07, 6.45) is 3.41. The van der Waals surface area contributed by atoms with Gasteiger partial charge in [0.2, 0.25) is 11.6 Å². The maximum absolute atomic E-state index is 12.2. The van der Waals surface area contributed by atoms with Crippen LogP contribution < -0.4 is 5.32 Å². The van der Waals surface area contributed by atoms with Crippen LogP contribution in [0, 0.1) is 0 Å². The lowest BCUT2D eigenvalue weighted by atomic mass is 10.00. The molecule has 0 amide bonds. The highest BCUT2D eigenvalue weighted by Crippen LogP contribution is 2.16. The minimum absolute atomic E-state index is 0.308. The maximum Gasteiger partial charge on any atom is 0.230 e. The molecule has 1 aromatic carbocycles. The van der Waals surface area contributed by atoms with Crippen molar-refractivity contribution in [3.05, 3.63) is 42.1 Å². The third-order valence-electron chi connectivity index (χ3n) is 3.47. The smallest absolute Gasteiger partial charge is 0.230 e. The molecule has 1 fully saturated rings. The number of rotatable bonds is 3. The lowest BCUT2D eigenvalue weighted by Gasteiger charge is -2.08. The highest BCUT2D eigenvalue weighted by Gasteiger charge is 2.28. The number of hydrogen-bond donors (Lipinski definition) is 1. The number of benzene rings is 1. The van der Waals surface area contributed by atoms with Crippen LogP contribution >= 0.6 is 0 Å². The minimum atomic E-state index is -0.412. The molecule has 19 heavy (non-hydrogen) atoms. The van der Waals surface area contributed by atoms with E-state index in [1.165, 1.54) is 0 Å². The Morgan fingerprint density at radius 2 is 2.16 bits per heavy atom. The molecule has 0 bridgehead atoms. The van der Waals surface area contributed by atoms with Crippen LogP contribution in [0.3, 0.4) is 0 Å². The molecular formula is C15H14N2O2. The van der Waals surface area contributed by atoms with Crippen LogP contribution in [-0.4, -0.2) is 29.1 Å². The highest BCUT2D eigenvalue weighted by molar-refractivity contribution is 6.45. The van der Waals surface area contributed by atoms with Crippen LogP contribution in [0.15, 0.2) is 36.5 Å². The summed E-state index contributed by atoms with van der Waals surface area (Å²) in [6, 6.07) is 8.57. The van der Waals surface area contributed by atoms with Crippen LogP contribution in [0.25, 0.3) is 10.9 Å². The first kappa shape index (κ1) is 12.0. The molecule has 1 aliphatic rings. The van der Waals surface area contributed by atoms with Gasteiger partial charge in [-0.25, -0.2) is 0 Å². The highest BCUT2D eigenvalue weighted by atomic mass is 16.2. The van der Waals surface area contributed by atoms with Crippen LogP contribution in [-0.2, 0) is 4.79 Å². The zero-order valence-corrected chi connectivity index (χ0v) is 10.4. The van der Waals surface area contributed by atoms with Gasteiger partial charge < -0.3 is 5.32 Å². The molecule has 2 aromatic rings. The Balaban J connectivity index is 1.90. The second-order valence-corrected chi connectivity index (χ2v) is 4.75. The van der Waals surface area contributed by atoms with Gasteiger partial charge in [0.25, 0.3) is 0 Å². The Hall–Kier alpha value is -2.07. The molecule has 3 rings (SSSR count). The molecule has 1 aromatic heterocycles. The second-order valence-electron chi connectivity index (χ2n) is 4.75. The first-order chi connectivity index (χ1) is 9.25. The molecule has 0 saturated carbocycles. The number of Topliss-reactive ketones (excluding diaryl/α,β-unsaturated/α-hetero) is 2. The van der Waals surface area contributed by atoms with Crippen molar-refractivity contribution < 1.29 is 9.59 Å². The lowest BCUT2D eigenvalue weighted by molar-refractivity contribution is -0.116. The fourth-order valence-corrected chi connectivity index (χ4v) is 2.43. The van der Waals surface area contributed by atoms with Crippen molar-refractivity contribution in [1.82, 2.24) is 10.3 Å². The van der Waals surface area contributed by atoms with E-state index >= 15 is 0 Å². The normalized spacial score (nSPS) is 18.6. The van der Waals surface area contributed by atoms with Gasteiger partial charge in [-0.15, -0.1) is 0 Å². The van der Waals surface area contributed by atoms with Gasteiger partial charge >= 0.3 is 0 Å². The molecule has 1 N–H and O–H groups in total. The molecule has 96 valence electrons. The van der Waals surface area contributed by atoms with E-state index in [-0.39, 0.29) is 11.8 Å². The fourth-order valence-electron chi connectivity index (χ4n) is 2.43. The number of aromatic nitrogens is 1. The predicted octanol–water partition coefficient (Wildman–Crippen LogP) is 1.74. The molecule has 2 heterocycles. The quantitative estimate of drug-likeness (QED) is 0.669. The average Bonchev–Trinajstić information content (AvgIpc) is 2.99. The zero-order chi connectivity index (χ0) is 13.2. The van der Waals surface area contributed by atoms with Crippen molar-refractivity contribution in [3.63, 3.8) is 0 Å². The number of nitrogens with zero attached hydrogens (tertiary/aromatic N) is 1. The van der Waals surface area contributed by atoms with E-state index in [0.29, 0.717) is 5.56 Å². The van der Waals surface area contributed by atoms with Gasteiger partial charge in [0.1, 0.15) is 0 Å². The summed E-state index contributed by atoms with van der Waals surface area (Å²) in [6.45, 7) is 0.811. The van der Waals surface area contributed by atoms with Gasteiger partial charge in [0.05, 0.1) is 11.6 Å². The average molecular weight is 254 g/mol. The summed E-state index contributed by atoms with van der Waals surface area (Å²) in [5, 5.41) is 3.94. The number of pyridine rings is 1. The summed E-state index contributed by atoms with van der Waals surface area (Å²) >= 11 is 0. The van der Waals surface area contributed by atoms with Crippen molar-refractivity contribution in [2.75, 3.05) is 6.54 Å². The first-order valence-electron chi connectivity index (χ1n) is 6.42. The molecule has 4 heteroatoms. The Morgan fingerprint density at radius 1 is 1.26 bits per heavy atom. The molecular weight excluding hydrogens is 240 g/mol. The number of hydrogen-bond acceptors (Lipinski definition) is 4. The largest absolute Gasteiger partial charge is 0.307 e. The van der Waals surface area contributed by atoms with E-state index in [9.17, 15) is 9.59 Å². The molecule has 0 aliphatic carbocycles. The Labute approximate surface area is 110 Å². The number of carbonyl (C=O) groups excluding carboxylic acids is 2. The van der Waals surface area contributed by atoms with E-state index in [4.69, 9.17) is 0 Å². The summed E-state index contributed by atoms with van der Waals surface area (Å²) in [5.41, 5.74) is 1.27. The van der Waals surface area contributed by atoms with Gasteiger partial charge in [-0.05, 0) is 43.7 Å². The SMILES string of the molecule is O=C(C(=O)[C@@H]1CCCN1)c1ccc2ncccc2c1. The minimum Gasteiger partial charge on any atom is -0.307 e. The summed E-state index contributed by atoms with van der Waals surface area (Å²) in [5.74, 6) is -0.745. The number of fused-ring (bicyclic) bond motifs is 1. The Kier molecular flexibility index (Phi) is 3.09. The maximum atomic E-state index is 12.2. The Morgan fingerprint density at radius 3 is 2.95 bits per heavy atom. The van der Waals surface area contributed by atoms with E-state index in [2.05, 4.69) is 10.3 Å². The molecule has 1 saturated heterocycles. The van der Waals surface area contributed by atoms with Crippen molar-refractivity contribution in [2.24, 2.45) is 0 Å². The summed E-state index contributed by atoms with van der Waals surface area (Å²) in [7, 11) is 0. The third kappa shape index (κ3) is 2.27. The molecule has 1 aliphatic heterocycles. The van der Waals surface area contributed by atoms with E-state index in [1.54, 1.807) is 24.4 Å². The van der Waals surface area contributed by atoms with Crippen molar-refractivity contribution in [3.8, 4) is 0 Å². The monoisotopic (exact) mass is 254 g/mol. The van der Waals surface area contributed by atoms with Gasteiger partial charge in [0.15, 0.2) is 0 Å². The summed E-state index contributed by atoms with van der Waals surface area (Å²) in [4.78, 5) is 28.4. The zero-order valence-electron chi connectivity index (χ0n) is 10.4. The third-order valence-corrected chi connectivity index (χ3v) is 3.47. The van der Waals surface area contributed by atoms with E-state index in [1.807, 2.05) is 12.1 Å². The van der Waals surface area contributed by atoms with Gasteiger partial charge in [-0.2, -0.15) is 0 Å². The van der Waals surface area contributed by atoms with Crippen LogP contribution in [0.4, 0.5) is 0 Å². The van der Waals surface area contributed by atoms with Crippen LogP contribution in [0.1, 0.15) is 23.2 Å². The van der Waals surface area contributed by atoms with Crippen molar-refractivity contribution >= 4 is 22.5 Å². The van der Waals surface area contributed by atoms with Crippen molar-refractivity contribution in [1.29, 1.82) is 0 Å². The number of nitrogens with one attached hydrogen (secondary N) is 1. The van der Waals surface area contributed by atoms with Crippen molar-refractivity contribution in [2.45, 2.75) is 18.9 Å². The predicted molar refractivity (Wildman–Crippen MR) is 72.1 cm³/mol. The van der Waals surface area contributed by atoms with Crippen LogP contribution in [0.2, 0.25) is 0 Å². The number of carbonyl (C=O) groups is 2. The van der Waals surface area contributed by atoms with E-state index < -0.39 is 5.78 Å². The van der Waals surface area contributed by atoms with Gasteiger partial charge in [-0.3, -0.25) is 14.6 Å². The van der Waals surface area contributed by atoms with Crippen LogP contribution in [0.5, 0.6) is 0 Å². The molecule has 1 atom stereocenters. The first-order valence-corrected chi connectivity index (χ1v) is 6.42. The topological polar surface area (TPSA) is 59.1 Å². The Bertz CT molecular complexity index is 645. The lowest BCUT2D eigenvalue weighted by Crippen LogP contribution is -2.35. The molecule has 0 radical (unpaired) electrons. The molecule has 0 unspecified atom stereocenters. The van der Waals surface area contributed by atoms with Gasteiger partial charge in [0, 0.05) is 17.1 Å².